The number of aromatic hydroxyl groups is 1. The van der Waals surface area contributed by atoms with Crippen LogP contribution in [0.4, 0.5) is 11.4 Å². The number of hydrogen-bond donors (Lipinski definition) is 1. The van der Waals surface area contributed by atoms with Gasteiger partial charge in [0.25, 0.3) is 11.6 Å². The molecule has 0 aliphatic carbocycles. The fraction of sp³-hybridized carbons (Fsp3) is 0.0714. The number of carbonyl (C=O) groups excluding carboxylic acids is 1. The topological polar surface area (TPSA) is 83.7 Å². The number of carbonyl (C=O) groups is 1. The summed E-state index contributed by atoms with van der Waals surface area (Å²) in [4.78, 5) is 23.8. The SMILES string of the molecule is CN(C(=O)c1cc(Cl)cc([N+](=O)[O-])c1)c1ccc(O)cc1. The predicted molar refractivity (Wildman–Crippen MR) is 78.9 cm³/mol. The lowest BCUT2D eigenvalue weighted by Crippen LogP contribution is -2.26. The number of hydrogen-bond acceptors (Lipinski definition) is 4. The highest BCUT2D eigenvalue weighted by atomic mass is 35.5. The van der Waals surface area contributed by atoms with Crippen molar-refractivity contribution in [3.63, 3.8) is 0 Å². The zero-order valence-corrected chi connectivity index (χ0v) is 11.7. The van der Waals surface area contributed by atoms with E-state index in [1.807, 2.05) is 0 Å². The molecule has 0 aliphatic rings. The fourth-order valence-corrected chi connectivity index (χ4v) is 2.02. The zero-order valence-electron chi connectivity index (χ0n) is 11.0. The predicted octanol–water partition coefficient (Wildman–Crippen LogP) is 3.23. The lowest BCUT2D eigenvalue weighted by atomic mass is 10.1. The van der Waals surface area contributed by atoms with Crippen LogP contribution >= 0.6 is 11.6 Å². The molecule has 108 valence electrons. The van der Waals surface area contributed by atoms with E-state index in [2.05, 4.69) is 0 Å². The van der Waals surface area contributed by atoms with Crippen LogP contribution < -0.4 is 4.90 Å². The van der Waals surface area contributed by atoms with Gasteiger partial charge in [-0.05, 0) is 30.3 Å². The second-order valence-corrected chi connectivity index (χ2v) is 4.77. The maximum absolute atomic E-state index is 12.3. The van der Waals surface area contributed by atoms with Crippen molar-refractivity contribution in [3.05, 3.63) is 63.2 Å². The van der Waals surface area contributed by atoms with Gasteiger partial charge in [0, 0.05) is 35.5 Å². The van der Waals surface area contributed by atoms with E-state index >= 15 is 0 Å². The largest absolute Gasteiger partial charge is 0.508 e. The molecule has 2 aromatic carbocycles. The second kappa shape index (κ2) is 5.80. The molecular weight excluding hydrogens is 296 g/mol. The molecule has 0 radical (unpaired) electrons. The average Bonchev–Trinajstić information content (AvgIpc) is 2.45. The Morgan fingerprint density at radius 2 is 1.86 bits per heavy atom. The number of phenols is 1. The van der Waals surface area contributed by atoms with E-state index in [0.717, 1.165) is 0 Å². The monoisotopic (exact) mass is 306 g/mol. The average molecular weight is 307 g/mol. The van der Waals surface area contributed by atoms with Gasteiger partial charge in [-0.15, -0.1) is 0 Å². The molecule has 0 unspecified atom stereocenters. The van der Waals surface area contributed by atoms with Gasteiger partial charge < -0.3 is 10.0 Å². The first-order chi connectivity index (χ1) is 9.88. The maximum Gasteiger partial charge on any atom is 0.271 e. The number of nitrogens with zero attached hydrogens (tertiary/aromatic N) is 2. The molecule has 2 aromatic rings. The van der Waals surface area contributed by atoms with Crippen molar-refractivity contribution < 1.29 is 14.8 Å². The summed E-state index contributed by atoms with van der Waals surface area (Å²) in [6.07, 6.45) is 0. The molecule has 7 heteroatoms. The Kier molecular flexibility index (Phi) is 4.09. The van der Waals surface area contributed by atoms with Gasteiger partial charge >= 0.3 is 0 Å². The fourth-order valence-electron chi connectivity index (χ4n) is 1.79. The molecule has 2 rings (SSSR count). The van der Waals surface area contributed by atoms with Gasteiger partial charge in [-0.1, -0.05) is 11.6 Å². The molecule has 0 saturated heterocycles. The smallest absolute Gasteiger partial charge is 0.271 e. The molecule has 0 heterocycles. The Labute approximate surface area is 125 Å². The first-order valence-corrected chi connectivity index (χ1v) is 6.28. The molecule has 0 saturated carbocycles. The number of amides is 1. The first-order valence-electron chi connectivity index (χ1n) is 5.90. The third-order valence-corrected chi connectivity index (χ3v) is 3.10. The van der Waals surface area contributed by atoms with Crippen LogP contribution in [0, 0.1) is 10.1 Å². The van der Waals surface area contributed by atoms with Crippen molar-refractivity contribution in [2.24, 2.45) is 0 Å². The van der Waals surface area contributed by atoms with Crippen LogP contribution in [-0.4, -0.2) is 23.0 Å². The molecule has 0 atom stereocenters. The Hall–Kier alpha value is -2.60. The van der Waals surface area contributed by atoms with Crippen LogP contribution in [0.2, 0.25) is 5.02 Å². The van der Waals surface area contributed by atoms with Crippen LogP contribution in [0.3, 0.4) is 0 Å². The van der Waals surface area contributed by atoms with E-state index in [-0.39, 0.29) is 22.0 Å². The number of nitro groups is 1. The van der Waals surface area contributed by atoms with E-state index in [1.165, 1.54) is 42.3 Å². The Morgan fingerprint density at radius 3 is 2.43 bits per heavy atom. The van der Waals surface area contributed by atoms with Gasteiger partial charge in [-0.2, -0.15) is 0 Å². The number of rotatable bonds is 3. The Balaban J connectivity index is 2.35. The minimum absolute atomic E-state index is 0.0815. The van der Waals surface area contributed by atoms with E-state index in [1.54, 1.807) is 12.1 Å². The normalized spacial score (nSPS) is 10.2. The summed E-state index contributed by atoms with van der Waals surface area (Å²) in [5.74, 6) is -0.357. The lowest BCUT2D eigenvalue weighted by Gasteiger charge is -2.17. The number of anilines is 1. The maximum atomic E-state index is 12.3. The molecule has 21 heavy (non-hydrogen) atoms. The summed E-state index contributed by atoms with van der Waals surface area (Å²) >= 11 is 5.80. The van der Waals surface area contributed by atoms with E-state index in [9.17, 15) is 20.0 Å². The summed E-state index contributed by atoms with van der Waals surface area (Å²) < 4.78 is 0. The second-order valence-electron chi connectivity index (χ2n) is 4.34. The van der Waals surface area contributed by atoms with E-state index in [4.69, 9.17) is 11.6 Å². The highest BCUT2D eigenvalue weighted by Gasteiger charge is 2.18. The molecule has 1 N–H and O–H groups in total. The molecule has 6 nitrogen and oxygen atoms in total. The van der Waals surface area contributed by atoms with Crippen molar-refractivity contribution in [3.8, 4) is 5.75 Å². The van der Waals surface area contributed by atoms with E-state index < -0.39 is 10.8 Å². The van der Waals surface area contributed by atoms with Gasteiger partial charge in [0.15, 0.2) is 0 Å². The van der Waals surface area contributed by atoms with Gasteiger partial charge in [-0.3, -0.25) is 14.9 Å². The molecule has 0 aliphatic heterocycles. The minimum atomic E-state index is -0.608. The first kappa shape index (κ1) is 14.8. The molecule has 1 amide bonds. The molecular formula is C14H11ClN2O4. The van der Waals surface area contributed by atoms with Gasteiger partial charge in [-0.25, -0.2) is 0 Å². The van der Waals surface area contributed by atoms with E-state index in [0.29, 0.717) is 5.69 Å². The number of benzene rings is 2. The van der Waals surface area contributed by atoms with Crippen LogP contribution in [-0.2, 0) is 0 Å². The van der Waals surface area contributed by atoms with Crippen molar-refractivity contribution in [2.45, 2.75) is 0 Å². The minimum Gasteiger partial charge on any atom is -0.508 e. The summed E-state index contributed by atoms with van der Waals surface area (Å²) in [6, 6.07) is 9.73. The van der Waals surface area contributed by atoms with Crippen molar-refractivity contribution in [2.75, 3.05) is 11.9 Å². The van der Waals surface area contributed by atoms with Crippen LogP contribution in [0.25, 0.3) is 0 Å². The summed E-state index contributed by atoms with van der Waals surface area (Å²) in [6.45, 7) is 0. The number of non-ortho nitro benzene ring substituents is 1. The number of halogens is 1. The number of nitro benzene ring substituents is 1. The van der Waals surface area contributed by atoms with Gasteiger partial charge in [0.1, 0.15) is 5.75 Å². The van der Waals surface area contributed by atoms with Crippen molar-refractivity contribution >= 4 is 28.9 Å². The highest BCUT2D eigenvalue weighted by molar-refractivity contribution is 6.31. The highest BCUT2D eigenvalue weighted by Crippen LogP contribution is 2.24. The summed E-state index contributed by atoms with van der Waals surface area (Å²) in [5, 5.41) is 20.1. The van der Waals surface area contributed by atoms with Crippen LogP contribution in [0.15, 0.2) is 42.5 Å². The molecule has 0 aromatic heterocycles. The van der Waals surface area contributed by atoms with Crippen molar-refractivity contribution in [1.29, 1.82) is 0 Å². The van der Waals surface area contributed by atoms with Crippen LogP contribution in [0.1, 0.15) is 10.4 Å². The van der Waals surface area contributed by atoms with Crippen molar-refractivity contribution in [1.82, 2.24) is 0 Å². The quantitative estimate of drug-likeness (QED) is 0.697. The molecule has 0 spiro atoms. The third kappa shape index (κ3) is 3.29. The molecule has 0 fully saturated rings. The van der Waals surface area contributed by atoms with Gasteiger partial charge in [0.05, 0.1) is 4.92 Å². The third-order valence-electron chi connectivity index (χ3n) is 2.88. The zero-order chi connectivity index (χ0) is 15.6. The number of phenolic OH excluding ortho intramolecular Hbond substituents is 1. The Morgan fingerprint density at radius 1 is 1.24 bits per heavy atom. The summed E-state index contributed by atoms with van der Waals surface area (Å²) in [7, 11) is 1.53. The Bertz CT molecular complexity index is 701. The lowest BCUT2D eigenvalue weighted by molar-refractivity contribution is -0.384. The van der Waals surface area contributed by atoms with Crippen LogP contribution in [0.5, 0.6) is 5.75 Å². The summed E-state index contributed by atoms with van der Waals surface area (Å²) in [5.41, 5.74) is 0.412. The van der Waals surface area contributed by atoms with Gasteiger partial charge in [0.2, 0.25) is 0 Å². The molecule has 0 bridgehead atoms. The standard InChI is InChI=1S/C14H11ClN2O4/c1-16(11-2-4-13(18)5-3-11)14(19)9-6-10(15)8-12(7-9)17(20)21/h2-8,18H,1H3.